The fourth-order valence-corrected chi connectivity index (χ4v) is 3.88. The van der Waals surface area contributed by atoms with E-state index < -0.39 is 0 Å². The van der Waals surface area contributed by atoms with Crippen LogP contribution in [0.2, 0.25) is 0 Å². The van der Waals surface area contributed by atoms with E-state index in [1.54, 1.807) is 10.9 Å². The van der Waals surface area contributed by atoms with Gasteiger partial charge in [0, 0.05) is 38.3 Å². The van der Waals surface area contributed by atoms with Crippen LogP contribution >= 0.6 is 0 Å². The minimum Gasteiger partial charge on any atom is -0.378 e. The number of hydrogen-bond acceptors (Lipinski definition) is 4. The fraction of sp³-hybridized carbons (Fsp3) is 0.476. The summed E-state index contributed by atoms with van der Waals surface area (Å²) in [5.41, 5.74) is 1.88. The first-order valence-corrected chi connectivity index (χ1v) is 9.94. The molecule has 0 aliphatic carbocycles. The van der Waals surface area contributed by atoms with Crippen LogP contribution < -0.4 is 0 Å². The molecule has 7 heteroatoms. The lowest BCUT2D eigenvalue weighted by molar-refractivity contribution is -0.143. The zero-order valence-corrected chi connectivity index (χ0v) is 16.0. The van der Waals surface area contributed by atoms with Crippen molar-refractivity contribution in [2.75, 3.05) is 39.4 Å². The number of para-hydroxylation sites is 1. The van der Waals surface area contributed by atoms with Crippen LogP contribution in [0.3, 0.4) is 0 Å². The summed E-state index contributed by atoms with van der Waals surface area (Å²) in [5.74, 6) is 0.354. The molecular formula is C21H26N4O3. The van der Waals surface area contributed by atoms with Crippen molar-refractivity contribution in [3.63, 3.8) is 0 Å². The largest absolute Gasteiger partial charge is 0.378 e. The smallest absolute Gasteiger partial charge is 0.227 e. The van der Waals surface area contributed by atoms with Gasteiger partial charge in [-0.15, -0.1) is 0 Å². The Bertz CT molecular complexity index is 806. The highest BCUT2D eigenvalue weighted by Crippen LogP contribution is 2.21. The number of rotatable bonds is 4. The molecule has 2 aromatic rings. The number of amides is 2. The third-order valence-corrected chi connectivity index (χ3v) is 5.53. The lowest BCUT2D eigenvalue weighted by Crippen LogP contribution is -2.47. The van der Waals surface area contributed by atoms with E-state index in [1.165, 1.54) is 0 Å². The Kier molecular flexibility index (Phi) is 5.71. The molecule has 2 aliphatic heterocycles. The van der Waals surface area contributed by atoms with Gasteiger partial charge in [0.15, 0.2) is 0 Å². The quantitative estimate of drug-likeness (QED) is 0.804. The van der Waals surface area contributed by atoms with Crippen molar-refractivity contribution in [3.05, 3.63) is 48.3 Å². The standard InChI is InChI=1S/C21H26N4O3/c26-20(14-17-15-22-25(16-17)19-4-2-1-3-5-19)23-8-6-18(7-9-23)21(27)24-10-12-28-13-11-24/h1-5,15-16,18H,6-14H2. The van der Waals surface area contributed by atoms with Gasteiger partial charge in [0.25, 0.3) is 0 Å². The molecule has 1 aromatic heterocycles. The number of hydrogen-bond donors (Lipinski definition) is 0. The third-order valence-electron chi connectivity index (χ3n) is 5.53. The first-order valence-electron chi connectivity index (χ1n) is 9.94. The van der Waals surface area contributed by atoms with Gasteiger partial charge in [-0.05, 0) is 30.5 Å². The van der Waals surface area contributed by atoms with Crippen LogP contribution in [0.5, 0.6) is 0 Å². The minimum absolute atomic E-state index is 0.0305. The highest BCUT2D eigenvalue weighted by molar-refractivity contribution is 5.81. The van der Waals surface area contributed by atoms with Crippen LogP contribution in [0.1, 0.15) is 18.4 Å². The number of aromatic nitrogens is 2. The lowest BCUT2D eigenvalue weighted by atomic mass is 9.94. The second kappa shape index (κ2) is 8.56. The van der Waals surface area contributed by atoms with E-state index in [4.69, 9.17) is 4.74 Å². The van der Waals surface area contributed by atoms with Crippen LogP contribution in [0, 0.1) is 5.92 Å². The molecule has 0 radical (unpaired) electrons. The van der Waals surface area contributed by atoms with Crippen molar-refractivity contribution in [1.29, 1.82) is 0 Å². The van der Waals surface area contributed by atoms with Gasteiger partial charge in [-0.2, -0.15) is 5.10 Å². The van der Waals surface area contributed by atoms with E-state index in [0.717, 1.165) is 24.1 Å². The number of carbonyl (C=O) groups is 2. The average molecular weight is 382 g/mol. The highest BCUT2D eigenvalue weighted by atomic mass is 16.5. The molecule has 0 bridgehead atoms. The Labute approximate surface area is 164 Å². The summed E-state index contributed by atoms with van der Waals surface area (Å²) >= 11 is 0. The second-order valence-corrected chi connectivity index (χ2v) is 7.40. The normalized spacial score (nSPS) is 18.3. The summed E-state index contributed by atoms with van der Waals surface area (Å²) in [6, 6.07) is 9.85. The summed E-state index contributed by atoms with van der Waals surface area (Å²) in [7, 11) is 0. The van der Waals surface area contributed by atoms with Crippen molar-refractivity contribution in [1.82, 2.24) is 19.6 Å². The zero-order valence-electron chi connectivity index (χ0n) is 16.0. The first kappa shape index (κ1) is 18.7. The predicted octanol–water partition coefficient (Wildman–Crippen LogP) is 1.51. The van der Waals surface area contributed by atoms with Gasteiger partial charge < -0.3 is 14.5 Å². The fourth-order valence-electron chi connectivity index (χ4n) is 3.88. The maximum absolute atomic E-state index is 12.7. The SMILES string of the molecule is O=C(Cc1cnn(-c2ccccc2)c1)N1CCC(C(=O)N2CCOCC2)CC1. The number of ether oxygens (including phenoxy) is 1. The molecule has 2 aliphatic rings. The molecule has 2 amide bonds. The molecular weight excluding hydrogens is 356 g/mol. The average Bonchev–Trinajstić information content (AvgIpc) is 3.23. The van der Waals surface area contributed by atoms with Gasteiger partial charge in [0.05, 0.1) is 31.5 Å². The molecule has 3 heterocycles. The zero-order chi connectivity index (χ0) is 19.3. The number of carbonyl (C=O) groups excluding carboxylic acids is 2. The molecule has 1 aromatic carbocycles. The van der Waals surface area contributed by atoms with Gasteiger partial charge in [0.2, 0.25) is 11.8 Å². The Morgan fingerprint density at radius 3 is 2.43 bits per heavy atom. The van der Waals surface area contributed by atoms with Gasteiger partial charge in [-0.25, -0.2) is 4.68 Å². The molecule has 28 heavy (non-hydrogen) atoms. The van der Waals surface area contributed by atoms with Crippen LogP contribution in [0.25, 0.3) is 5.69 Å². The molecule has 0 atom stereocenters. The Morgan fingerprint density at radius 1 is 1.00 bits per heavy atom. The highest BCUT2D eigenvalue weighted by Gasteiger charge is 2.30. The van der Waals surface area contributed by atoms with Crippen molar-refractivity contribution in [2.45, 2.75) is 19.3 Å². The Hall–Kier alpha value is -2.67. The summed E-state index contributed by atoms with van der Waals surface area (Å²) in [6.07, 6.45) is 5.48. The summed E-state index contributed by atoms with van der Waals surface area (Å²) in [6.45, 7) is 3.91. The van der Waals surface area contributed by atoms with Crippen molar-refractivity contribution in [3.8, 4) is 5.69 Å². The van der Waals surface area contributed by atoms with Crippen LogP contribution in [0.15, 0.2) is 42.7 Å². The van der Waals surface area contributed by atoms with Gasteiger partial charge >= 0.3 is 0 Å². The molecule has 2 saturated heterocycles. The van der Waals surface area contributed by atoms with Gasteiger partial charge in [-0.3, -0.25) is 9.59 Å². The Morgan fingerprint density at radius 2 is 1.71 bits per heavy atom. The first-order chi connectivity index (χ1) is 13.7. The number of nitrogens with zero attached hydrogens (tertiary/aromatic N) is 4. The molecule has 0 saturated carbocycles. The molecule has 148 valence electrons. The summed E-state index contributed by atoms with van der Waals surface area (Å²) < 4.78 is 7.11. The number of likely N-dealkylation sites (tertiary alicyclic amines) is 1. The monoisotopic (exact) mass is 382 g/mol. The summed E-state index contributed by atoms with van der Waals surface area (Å²) in [4.78, 5) is 29.1. The number of morpholine rings is 1. The van der Waals surface area contributed by atoms with Crippen LogP contribution in [-0.4, -0.2) is 70.8 Å². The van der Waals surface area contributed by atoms with E-state index in [2.05, 4.69) is 5.10 Å². The molecule has 7 nitrogen and oxygen atoms in total. The molecule has 0 N–H and O–H groups in total. The van der Waals surface area contributed by atoms with Crippen molar-refractivity contribution >= 4 is 11.8 Å². The van der Waals surface area contributed by atoms with Crippen LogP contribution in [-0.2, 0) is 20.7 Å². The Balaban J connectivity index is 1.28. The maximum atomic E-state index is 12.7. The van der Waals surface area contributed by atoms with Gasteiger partial charge in [0.1, 0.15) is 0 Å². The van der Waals surface area contributed by atoms with Gasteiger partial charge in [-0.1, -0.05) is 18.2 Å². The van der Waals surface area contributed by atoms with E-state index in [9.17, 15) is 9.59 Å². The van der Waals surface area contributed by atoms with E-state index in [1.807, 2.05) is 46.3 Å². The summed E-state index contributed by atoms with van der Waals surface area (Å²) in [5, 5.41) is 4.36. The van der Waals surface area contributed by atoms with E-state index in [-0.39, 0.29) is 17.7 Å². The van der Waals surface area contributed by atoms with Crippen molar-refractivity contribution in [2.24, 2.45) is 5.92 Å². The number of benzene rings is 1. The minimum atomic E-state index is 0.0305. The lowest BCUT2D eigenvalue weighted by Gasteiger charge is -2.35. The second-order valence-electron chi connectivity index (χ2n) is 7.40. The number of piperidine rings is 1. The van der Waals surface area contributed by atoms with E-state index in [0.29, 0.717) is 45.8 Å². The van der Waals surface area contributed by atoms with Crippen molar-refractivity contribution < 1.29 is 14.3 Å². The molecule has 2 fully saturated rings. The third kappa shape index (κ3) is 4.25. The predicted molar refractivity (Wildman–Crippen MR) is 104 cm³/mol. The maximum Gasteiger partial charge on any atom is 0.227 e. The molecule has 0 spiro atoms. The molecule has 4 rings (SSSR count). The molecule has 0 unspecified atom stereocenters. The topological polar surface area (TPSA) is 67.7 Å². The van der Waals surface area contributed by atoms with E-state index >= 15 is 0 Å². The van der Waals surface area contributed by atoms with Crippen LogP contribution in [0.4, 0.5) is 0 Å².